The highest BCUT2D eigenvalue weighted by Crippen LogP contribution is 2.32. The molecule has 21 heavy (non-hydrogen) atoms. The highest BCUT2D eigenvalue weighted by atomic mass is 16.5. The Hall–Kier alpha value is -1.35. The number of rotatable bonds is 3. The molecule has 0 saturated heterocycles. The molecule has 1 aromatic rings. The van der Waals surface area contributed by atoms with Gasteiger partial charge in [0.15, 0.2) is 0 Å². The smallest absolute Gasteiger partial charge is 0.322 e. The van der Waals surface area contributed by atoms with Gasteiger partial charge in [0.1, 0.15) is 6.04 Å². The fourth-order valence-corrected chi connectivity index (χ4v) is 2.39. The predicted molar refractivity (Wildman–Crippen MR) is 87.5 cm³/mol. The van der Waals surface area contributed by atoms with Crippen molar-refractivity contribution < 1.29 is 9.53 Å². The number of nitrogens with two attached hydrogens (primary N) is 1. The lowest BCUT2D eigenvalue weighted by Crippen LogP contribution is -2.34. The molecule has 0 unspecified atom stereocenters. The monoisotopic (exact) mass is 291 g/mol. The lowest BCUT2D eigenvalue weighted by molar-refractivity contribution is -0.142. The molecule has 0 heterocycles. The van der Waals surface area contributed by atoms with Crippen LogP contribution < -0.4 is 5.73 Å². The van der Waals surface area contributed by atoms with Crippen LogP contribution in [0.1, 0.15) is 58.2 Å². The van der Waals surface area contributed by atoms with Gasteiger partial charge in [-0.1, -0.05) is 59.7 Å². The van der Waals surface area contributed by atoms with Crippen molar-refractivity contribution in [3.05, 3.63) is 34.9 Å². The molecule has 2 N–H and O–H groups in total. The molecule has 118 valence electrons. The second kappa shape index (κ2) is 6.18. The largest absolute Gasteiger partial charge is 0.468 e. The summed E-state index contributed by atoms with van der Waals surface area (Å²) in [5.74, 6) is -0.366. The molecule has 0 saturated carbocycles. The average molecular weight is 291 g/mol. The summed E-state index contributed by atoms with van der Waals surface area (Å²) in [6.45, 7) is 13.2. The van der Waals surface area contributed by atoms with Crippen LogP contribution in [0.25, 0.3) is 0 Å². The third kappa shape index (κ3) is 4.57. The van der Waals surface area contributed by atoms with Gasteiger partial charge in [-0.2, -0.15) is 0 Å². The van der Waals surface area contributed by atoms with E-state index in [1.165, 1.54) is 18.2 Å². The van der Waals surface area contributed by atoms with Crippen molar-refractivity contribution in [1.29, 1.82) is 0 Å². The lowest BCUT2D eigenvalue weighted by Gasteiger charge is -2.28. The number of esters is 1. The van der Waals surface area contributed by atoms with E-state index in [1.54, 1.807) is 0 Å². The number of methoxy groups -OCH3 is 1. The molecule has 3 heteroatoms. The van der Waals surface area contributed by atoms with Gasteiger partial charge in [-0.05, 0) is 33.9 Å². The van der Waals surface area contributed by atoms with Crippen LogP contribution in [0, 0.1) is 0 Å². The first-order valence-corrected chi connectivity index (χ1v) is 7.44. The molecule has 0 aliphatic heterocycles. The van der Waals surface area contributed by atoms with E-state index in [9.17, 15) is 4.79 Å². The van der Waals surface area contributed by atoms with Crippen molar-refractivity contribution >= 4 is 5.97 Å². The van der Waals surface area contributed by atoms with Crippen LogP contribution in [0.2, 0.25) is 0 Å². The molecule has 0 radical (unpaired) electrons. The lowest BCUT2D eigenvalue weighted by atomic mass is 9.77. The molecular weight excluding hydrogens is 262 g/mol. The topological polar surface area (TPSA) is 52.3 Å². The van der Waals surface area contributed by atoms with Gasteiger partial charge >= 0.3 is 5.97 Å². The zero-order valence-electron chi connectivity index (χ0n) is 14.4. The van der Waals surface area contributed by atoms with Gasteiger partial charge < -0.3 is 10.5 Å². The minimum atomic E-state index is -0.614. The summed E-state index contributed by atoms with van der Waals surface area (Å²) in [5, 5.41) is 0. The summed E-state index contributed by atoms with van der Waals surface area (Å²) in [6, 6.07) is 5.87. The quantitative estimate of drug-likeness (QED) is 0.869. The molecule has 0 aromatic heterocycles. The number of benzene rings is 1. The van der Waals surface area contributed by atoms with E-state index in [-0.39, 0.29) is 16.8 Å². The van der Waals surface area contributed by atoms with Gasteiger partial charge in [0.2, 0.25) is 0 Å². The van der Waals surface area contributed by atoms with Crippen LogP contribution in [0.3, 0.4) is 0 Å². The Morgan fingerprint density at radius 2 is 1.71 bits per heavy atom. The Labute approximate surface area is 128 Å². The summed E-state index contributed by atoms with van der Waals surface area (Å²) in [6.07, 6.45) is 0.504. The fraction of sp³-hybridized carbons (Fsp3) is 0.611. The maximum atomic E-state index is 11.6. The van der Waals surface area contributed by atoms with E-state index < -0.39 is 6.04 Å². The van der Waals surface area contributed by atoms with Gasteiger partial charge in [0.25, 0.3) is 0 Å². The Morgan fingerprint density at radius 1 is 1.14 bits per heavy atom. The van der Waals surface area contributed by atoms with Crippen LogP contribution >= 0.6 is 0 Å². The van der Waals surface area contributed by atoms with Crippen molar-refractivity contribution in [3.63, 3.8) is 0 Å². The molecule has 0 spiro atoms. The summed E-state index contributed by atoms with van der Waals surface area (Å²) in [5.41, 5.74) is 9.69. The summed E-state index contributed by atoms with van der Waals surface area (Å²) >= 11 is 0. The van der Waals surface area contributed by atoms with Crippen LogP contribution in [-0.2, 0) is 26.8 Å². The number of hydrogen-bond acceptors (Lipinski definition) is 3. The van der Waals surface area contributed by atoms with Gasteiger partial charge in [-0.25, -0.2) is 0 Å². The minimum Gasteiger partial charge on any atom is -0.468 e. The maximum absolute atomic E-state index is 11.6. The first kappa shape index (κ1) is 17.7. The molecular formula is C18H29NO2. The first-order chi connectivity index (χ1) is 9.46. The highest BCUT2D eigenvalue weighted by molar-refractivity contribution is 5.75. The van der Waals surface area contributed by atoms with E-state index >= 15 is 0 Å². The highest BCUT2D eigenvalue weighted by Gasteiger charge is 2.24. The third-order valence-electron chi connectivity index (χ3n) is 3.73. The normalized spacial score (nSPS) is 13.9. The van der Waals surface area contributed by atoms with Gasteiger partial charge in [0.05, 0.1) is 7.11 Å². The summed E-state index contributed by atoms with van der Waals surface area (Å²) in [4.78, 5) is 11.6. The molecule has 3 nitrogen and oxygen atoms in total. The molecule has 1 rings (SSSR count). The Balaban J connectivity index is 3.24. The molecule has 1 aromatic carbocycles. The SMILES string of the molecule is COC(=O)[C@@H](N)Cc1ccc(C(C)(C)C)cc1C(C)(C)C. The minimum absolute atomic E-state index is 0.00638. The maximum Gasteiger partial charge on any atom is 0.322 e. The molecule has 0 amide bonds. The zero-order valence-corrected chi connectivity index (χ0v) is 14.4. The van der Waals surface area contributed by atoms with Crippen molar-refractivity contribution in [1.82, 2.24) is 0 Å². The number of carbonyl (C=O) groups excluding carboxylic acids is 1. The van der Waals surface area contributed by atoms with E-state index in [0.29, 0.717) is 6.42 Å². The predicted octanol–water partition coefficient (Wildman–Crippen LogP) is 3.32. The third-order valence-corrected chi connectivity index (χ3v) is 3.73. The summed E-state index contributed by atoms with van der Waals surface area (Å²) < 4.78 is 4.72. The molecule has 0 fully saturated rings. The van der Waals surface area contributed by atoms with Crippen LogP contribution in [0.4, 0.5) is 0 Å². The molecule has 0 bridgehead atoms. The zero-order chi connectivity index (χ0) is 16.4. The Morgan fingerprint density at radius 3 is 2.14 bits per heavy atom. The molecule has 0 aliphatic rings. The van der Waals surface area contributed by atoms with Gasteiger partial charge in [0, 0.05) is 0 Å². The van der Waals surface area contributed by atoms with E-state index in [0.717, 1.165) is 5.56 Å². The van der Waals surface area contributed by atoms with E-state index in [1.807, 2.05) is 0 Å². The fourth-order valence-electron chi connectivity index (χ4n) is 2.39. The van der Waals surface area contributed by atoms with Crippen LogP contribution in [0.5, 0.6) is 0 Å². The molecule has 1 atom stereocenters. The second-order valence-electron chi connectivity index (χ2n) is 7.71. The standard InChI is InChI=1S/C18H29NO2/c1-17(2,3)13-9-8-12(10-15(19)16(20)21-7)14(11-13)18(4,5)6/h8-9,11,15H,10,19H2,1-7H3/t15-/m0/s1. The summed E-state index contributed by atoms with van der Waals surface area (Å²) in [7, 11) is 1.37. The first-order valence-electron chi connectivity index (χ1n) is 7.44. The number of hydrogen-bond donors (Lipinski definition) is 1. The van der Waals surface area contributed by atoms with Crippen molar-refractivity contribution in [2.24, 2.45) is 5.73 Å². The molecule has 0 aliphatic carbocycles. The average Bonchev–Trinajstić information content (AvgIpc) is 2.35. The van der Waals surface area contributed by atoms with Crippen molar-refractivity contribution in [2.45, 2.75) is 64.8 Å². The van der Waals surface area contributed by atoms with Crippen LogP contribution in [-0.4, -0.2) is 19.1 Å². The van der Waals surface area contributed by atoms with Gasteiger partial charge in [-0.15, -0.1) is 0 Å². The number of ether oxygens (including phenoxy) is 1. The van der Waals surface area contributed by atoms with Crippen molar-refractivity contribution in [2.75, 3.05) is 7.11 Å². The number of carbonyl (C=O) groups is 1. The van der Waals surface area contributed by atoms with E-state index in [4.69, 9.17) is 10.5 Å². The van der Waals surface area contributed by atoms with Gasteiger partial charge in [-0.3, -0.25) is 4.79 Å². The Bertz CT molecular complexity index is 507. The van der Waals surface area contributed by atoms with E-state index in [2.05, 4.69) is 59.7 Å². The van der Waals surface area contributed by atoms with Crippen LogP contribution in [0.15, 0.2) is 18.2 Å². The van der Waals surface area contributed by atoms with Crippen molar-refractivity contribution in [3.8, 4) is 0 Å². The Kier molecular flexibility index (Phi) is 5.21. The second-order valence-corrected chi connectivity index (χ2v) is 7.71.